The molecular formula is C13H18ClNO4S2. The van der Waals surface area contributed by atoms with Crippen LogP contribution in [-0.4, -0.2) is 22.9 Å². The Morgan fingerprint density at radius 3 is 2.19 bits per heavy atom. The Bertz CT molecular complexity index is 707. The molecule has 118 valence electrons. The zero-order valence-corrected chi connectivity index (χ0v) is 14.0. The van der Waals surface area contributed by atoms with E-state index in [9.17, 15) is 16.8 Å². The SMILES string of the molecule is CC1CCC(NS(=O)(=O)c2cccc(S(=O)(=O)Cl)c2)CC1. The Morgan fingerprint density at radius 1 is 1.05 bits per heavy atom. The monoisotopic (exact) mass is 351 g/mol. The van der Waals surface area contributed by atoms with Gasteiger partial charge in [0.05, 0.1) is 9.79 Å². The topological polar surface area (TPSA) is 80.3 Å². The maximum Gasteiger partial charge on any atom is 0.261 e. The minimum absolute atomic E-state index is 0.0807. The van der Waals surface area contributed by atoms with E-state index in [-0.39, 0.29) is 15.8 Å². The van der Waals surface area contributed by atoms with Crippen LogP contribution in [0.3, 0.4) is 0 Å². The second-order valence-corrected chi connectivity index (χ2v) is 9.77. The molecule has 0 aromatic heterocycles. The molecule has 0 bridgehead atoms. The summed E-state index contributed by atoms with van der Waals surface area (Å²) in [5, 5.41) is 0. The van der Waals surface area contributed by atoms with Crippen molar-refractivity contribution < 1.29 is 16.8 Å². The highest BCUT2D eigenvalue weighted by Gasteiger charge is 2.25. The first-order chi connectivity index (χ1) is 9.68. The molecule has 0 unspecified atom stereocenters. The fourth-order valence-electron chi connectivity index (χ4n) is 2.46. The van der Waals surface area contributed by atoms with E-state index in [0.29, 0.717) is 5.92 Å². The molecule has 5 nitrogen and oxygen atoms in total. The molecule has 0 amide bonds. The van der Waals surface area contributed by atoms with Gasteiger partial charge in [0.15, 0.2) is 0 Å². The third kappa shape index (κ3) is 4.42. The van der Waals surface area contributed by atoms with Gasteiger partial charge in [-0.25, -0.2) is 21.6 Å². The number of sulfonamides is 1. The van der Waals surface area contributed by atoms with E-state index in [1.807, 2.05) is 0 Å². The van der Waals surface area contributed by atoms with Gasteiger partial charge in [-0.2, -0.15) is 0 Å². The lowest BCUT2D eigenvalue weighted by atomic mass is 9.88. The van der Waals surface area contributed by atoms with E-state index in [1.165, 1.54) is 18.2 Å². The van der Waals surface area contributed by atoms with Gasteiger partial charge in [-0.15, -0.1) is 0 Å². The molecule has 1 aliphatic rings. The summed E-state index contributed by atoms with van der Waals surface area (Å²) in [6, 6.07) is 4.98. The van der Waals surface area contributed by atoms with Crippen molar-refractivity contribution in [2.75, 3.05) is 0 Å². The third-order valence-corrected chi connectivity index (χ3v) is 6.60. The molecule has 8 heteroatoms. The number of nitrogens with one attached hydrogen (secondary N) is 1. The standard InChI is InChI=1S/C13H18ClNO4S2/c1-10-5-7-11(8-6-10)15-21(18,19)13-4-2-3-12(9-13)20(14,16)17/h2-4,9-11,15H,5-8H2,1H3. The van der Waals surface area contributed by atoms with Crippen LogP contribution < -0.4 is 4.72 Å². The van der Waals surface area contributed by atoms with Gasteiger partial charge in [0.25, 0.3) is 9.05 Å². The van der Waals surface area contributed by atoms with E-state index < -0.39 is 19.1 Å². The molecular weight excluding hydrogens is 334 g/mol. The van der Waals surface area contributed by atoms with Crippen LogP contribution in [0.25, 0.3) is 0 Å². The first kappa shape index (κ1) is 16.7. The average Bonchev–Trinajstić information content (AvgIpc) is 2.40. The van der Waals surface area contributed by atoms with Crippen LogP contribution in [0.4, 0.5) is 0 Å². The van der Waals surface area contributed by atoms with E-state index >= 15 is 0 Å². The van der Waals surface area contributed by atoms with Crippen LogP contribution in [0.2, 0.25) is 0 Å². The van der Waals surface area contributed by atoms with Crippen LogP contribution in [-0.2, 0) is 19.1 Å². The maximum absolute atomic E-state index is 12.3. The Labute approximate surface area is 130 Å². The molecule has 0 radical (unpaired) electrons. The van der Waals surface area contributed by atoms with Gasteiger partial charge < -0.3 is 0 Å². The molecule has 0 atom stereocenters. The fourth-order valence-corrected chi connectivity index (χ4v) is 4.68. The average molecular weight is 352 g/mol. The molecule has 21 heavy (non-hydrogen) atoms. The van der Waals surface area contributed by atoms with Crippen LogP contribution >= 0.6 is 10.7 Å². The van der Waals surface area contributed by atoms with Crippen molar-refractivity contribution in [3.8, 4) is 0 Å². The van der Waals surface area contributed by atoms with Gasteiger partial charge in [0.1, 0.15) is 0 Å². The first-order valence-corrected chi connectivity index (χ1v) is 10.5. The summed E-state index contributed by atoms with van der Waals surface area (Å²) in [5.41, 5.74) is 0. The number of benzene rings is 1. The third-order valence-electron chi connectivity index (χ3n) is 3.74. The van der Waals surface area contributed by atoms with Crippen molar-refractivity contribution in [3.05, 3.63) is 24.3 Å². The normalized spacial score (nSPS) is 23.9. The number of halogens is 1. The molecule has 0 heterocycles. The molecule has 2 rings (SSSR count). The van der Waals surface area contributed by atoms with E-state index in [2.05, 4.69) is 11.6 Å². The minimum Gasteiger partial charge on any atom is -0.208 e. The number of rotatable bonds is 4. The Hall–Kier alpha value is -0.630. The summed E-state index contributed by atoms with van der Waals surface area (Å²) in [6.07, 6.45) is 3.58. The lowest BCUT2D eigenvalue weighted by molar-refractivity contribution is 0.332. The van der Waals surface area contributed by atoms with Gasteiger partial charge in [0, 0.05) is 16.7 Å². The largest absolute Gasteiger partial charge is 0.261 e. The zero-order chi connectivity index (χ0) is 15.7. The van der Waals surface area contributed by atoms with Crippen molar-refractivity contribution in [2.45, 2.75) is 48.4 Å². The maximum atomic E-state index is 12.3. The van der Waals surface area contributed by atoms with Crippen molar-refractivity contribution in [1.29, 1.82) is 0 Å². The highest BCUT2D eigenvalue weighted by Crippen LogP contribution is 2.25. The van der Waals surface area contributed by atoms with Gasteiger partial charge in [-0.05, 0) is 49.8 Å². The number of hydrogen-bond donors (Lipinski definition) is 1. The predicted molar refractivity (Wildman–Crippen MR) is 81.2 cm³/mol. The van der Waals surface area contributed by atoms with Gasteiger partial charge in [0.2, 0.25) is 10.0 Å². The summed E-state index contributed by atoms with van der Waals surface area (Å²) in [5.74, 6) is 0.621. The molecule has 0 aliphatic heterocycles. The molecule has 1 aliphatic carbocycles. The van der Waals surface area contributed by atoms with Crippen molar-refractivity contribution in [1.82, 2.24) is 4.72 Å². The molecule has 1 saturated carbocycles. The Kier molecular flexibility index (Phi) is 4.97. The molecule has 1 N–H and O–H groups in total. The quantitative estimate of drug-likeness (QED) is 0.845. The molecule has 0 spiro atoms. The van der Waals surface area contributed by atoms with E-state index in [1.54, 1.807) is 0 Å². The van der Waals surface area contributed by atoms with E-state index in [0.717, 1.165) is 31.7 Å². The highest BCUT2D eigenvalue weighted by molar-refractivity contribution is 8.13. The zero-order valence-electron chi connectivity index (χ0n) is 11.6. The lowest BCUT2D eigenvalue weighted by Crippen LogP contribution is -2.37. The Balaban J connectivity index is 2.20. The Morgan fingerprint density at radius 2 is 1.62 bits per heavy atom. The highest BCUT2D eigenvalue weighted by atomic mass is 35.7. The van der Waals surface area contributed by atoms with Crippen molar-refractivity contribution in [3.63, 3.8) is 0 Å². The second-order valence-electron chi connectivity index (χ2n) is 5.49. The first-order valence-electron chi connectivity index (χ1n) is 6.75. The second kappa shape index (κ2) is 6.24. The minimum atomic E-state index is -3.95. The van der Waals surface area contributed by atoms with Crippen molar-refractivity contribution in [2.24, 2.45) is 5.92 Å². The van der Waals surface area contributed by atoms with E-state index in [4.69, 9.17) is 10.7 Å². The van der Waals surface area contributed by atoms with Crippen LogP contribution in [0.15, 0.2) is 34.1 Å². The lowest BCUT2D eigenvalue weighted by Gasteiger charge is -2.26. The summed E-state index contributed by atoms with van der Waals surface area (Å²) in [4.78, 5) is -0.299. The van der Waals surface area contributed by atoms with Gasteiger partial charge in [-0.3, -0.25) is 0 Å². The predicted octanol–water partition coefficient (Wildman–Crippen LogP) is 2.47. The van der Waals surface area contributed by atoms with Crippen molar-refractivity contribution >= 4 is 29.8 Å². The number of hydrogen-bond acceptors (Lipinski definition) is 4. The summed E-state index contributed by atoms with van der Waals surface area (Å²) < 4.78 is 49.8. The smallest absolute Gasteiger partial charge is 0.208 e. The fraction of sp³-hybridized carbons (Fsp3) is 0.538. The summed E-state index contributed by atoms with van der Waals surface area (Å²) >= 11 is 0. The summed E-state index contributed by atoms with van der Waals surface area (Å²) in [6.45, 7) is 2.15. The molecule has 1 aromatic rings. The van der Waals surface area contributed by atoms with Crippen LogP contribution in [0, 0.1) is 5.92 Å². The van der Waals surface area contributed by atoms with Gasteiger partial charge in [-0.1, -0.05) is 13.0 Å². The van der Waals surface area contributed by atoms with Crippen LogP contribution in [0.5, 0.6) is 0 Å². The summed E-state index contributed by atoms with van der Waals surface area (Å²) in [7, 11) is -2.43. The molecule has 1 aromatic carbocycles. The van der Waals surface area contributed by atoms with Gasteiger partial charge >= 0.3 is 0 Å². The van der Waals surface area contributed by atoms with Crippen LogP contribution in [0.1, 0.15) is 32.6 Å². The molecule has 1 fully saturated rings. The molecule has 0 saturated heterocycles.